The van der Waals surface area contributed by atoms with Crippen LogP contribution in [-0.2, 0) is 24.2 Å². The molecule has 32 heavy (non-hydrogen) atoms. The van der Waals surface area contributed by atoms with E-state index in [1.54, 1.807) is 11.3 Å². The molecule has 1 heterocycles. The predicted octanol–water partition coefficient (Wildman–Crippen LogP) is 5.30. The summed E-state index contributed by atoms with van der Waals surface area (Å²) < 4.78 is 0. The minimum atomic E-state index is -1.83. The number of benzene rings is 1. The van der Waals surface area contributed by atoms with Crippen molar-refractivity contribution in [3.8, 4) is 0 Å². The second-order valence-electron chi connectivity index (χ2n) is 8.19. The van der Waals surface area contributed by atoms with Gasteiger partial charge in [0.2, 0.25) is 5.91 Å². The zero-order chi connectivity index (χ0) is 22.9. The van der Waals surface area contributed by atoms with Crippen LogP contribution in [0.25, 0.3) is 0 Å². The number of fused-ring (bicyclic) bond motifs is 1. The van der Waals surface area contributed by atoms with Crippen LogP contribution in [-0.4, -0.2) is 28.2 Å². The van der Waals surface area contributed by atoms with Gasteiger partial charge in [-0.2, -0.15) is 0 Å². The highest BCUT2D eigenvalue weighted by Gasteiger charge is 2.28. The van der Waals surface area contributed by atoms with Crippen molar-refractivity contribution in [1.82, 2.24) is 5.32 Å². The van der Waals surface area contributed by atoms with Crippen LogP contribution < -0.4 is 10.6 Å². The van der Waals surface area contributed by atoms with Crippen LogP contribution in [0.2, 0.25) is 0 Å². The summed E-state index contributed by atoms with van der Waals surface area (Å²) in [6.07, 6.45) is 7.79. The van der Waals surface area contributed by atoms with Gasteiger partial charge in [0.15, 0.2) is 0 Å². The first kappa shape index (κ1) is 23.8. The largest absolute Gasteiger partial charge is 0.503 e. The number of hydrogen-bond acceptors (Lipinski definition) is 4. The highest BCUT2D eigenvalue weighted by atomic mass is 32.1. The van der Waals surface area contributed by atoms with Gasteiger partial charge in [-0.15, -0.1) is 11.3 Å². The van der Waals surface area contributed by atoms with Crippen LogP contribution >= 0.6 is 11.3 Å². The van der Waals surface area contributed by atoms with Gasteiger partial charge in [-0.25, -0.2) is 4.79 Å². The molecule has 1 fully saturated rings. The van der Waals surface area contributed by atoms with Gasteiger partial charge in [0.05, 0.1) is 5.56 Å². The Morgan fingerprint density at radius 3 is 2.28 bits per heavy atom. The van der Waals surface area contributed by atoms with Crippen molar-refractivity contribution in [3.63, 3.8) is 0 Å². The van der Waals surface area contributed by atoms with Crippen molar-refractivity contribution in [2.45, 2.75) is 64.3 Å². The van der Waals surface area contributed by atoms with Crippen LogP contribution in [0.15, 0.2) is 30.3 Å². The van der Waals surface area contributed by atoms with Crippen molar-refractivity contribution < 1.29 is 24.6 Å². The van der Waals surface area contributed by atoms with E-state index in [0.29, 0.717) is 12.1 Å². The number of carboxylic acid groups (broad SMARTS) is 2. The molecule has 1 aromatic heterocycles. The van der Waals surface area contributed by atoms with Gasteiger partial charge in [-0.3, -0.25) is 9.59 Å². The summed E-state index contributed by atoms with van der Waals surface area (Å²) >= 11 is 1.61. The average Bonchev–Trinajstić information content (AvgIpc) is 3.16. The van der Waals surface area contributed by atoms with E-state index >= 15 is 0 Å². The number of nitrogens with one attached hydrogen (secondary N) is 2. The number of thiophene rings is 1. The molecule has 0 aliphatic heterocycles. The first-order valence-electron chi connectivity index (χ1n) is 11.1. The van der Waals surface area contributed by atoms with Gasteiger partial charge < -0.3 is 20.8 Å². The van der Waals surface area contributed by atoms with E-state index in [0.717, 1.165) is 67.5 Å². The summed E-state index contributed by atoms with van der Waals surface area (Å²) in [6.45, 7) is 0.500. The molecule has 0 saturated heterocycles. The highest BCUT2D eigenvalue weighted by molar-refractivity contribution is 7.17. The lowest BCUT2D eigenvalue weighted by Gasteiger charge is -2.20. The fourth-order valence-electron chi connectivity index (χ4n) is 4.34. The standard InChI is InChI=1S/C23H28N2O2S.CH2O3/c26-21(17-11-5-2-6-12-17)25-23-20(18-13-7-8-14-19(18)28-23)22(27)24-15-16-9-3-1-4-10-16;2-1(3)4/h1,3-4,9-10,17H,2,5-8,11-15H2,(H,24,27)(H,25,26);(H2,2,3,4). The number of carbonyl (C=O) groups excluding carboxylic acids is 2. The predicted molar refractivity (Wildman–Crippen MR) is 124 cm³/mol. The van der Waals surface area contributed by atoms with E-state index < -0.39 is 6.16 Å². The lowest BCUT2D eigenvalue weighted by Crippen LogP contribution is -2.28. The van der Waals surface area contributed by atoms with Crippen molar-refractivity contribution in [2.24, 2.45) is 5.92 Å². The number of rotatable bonds is 5. The number of hydrogen-bond donors (Lipinski definition) is 4. The lowest BCUT2D eigenvalue weighted by molar-refractivity contribution is -0.120. The number of carbonyl (C=O) groups is 3. The maximum absolute atomic E-state index is 13.1. The molecular weight excluding hydrogens is 428 g/mol. The third-order valence-corrected chi connectivity index (χ3v) is 7.11. The van der Waals surface area contributed by atoms with Gasteiger partial charge in [0.25, 0.3) is 5.91 Å². The maximum atomic E-state index is 13.1. The van der Waals surface area contributed by atoms with Gasteiger partial charge in [0, 0.05) is 17.3 Å². The fourth-order valence-corrected chi connectivity index (χ4v) is 5.63. The van der Waals surface area contributed by atoms with E-state index in [1.165, 1.54) is 11.3 Å². The van der Waals surface area contributed by atoms with E-state index in [2.05, 4.69) is 10.6 Å². The summed E-state index contributed by atoms with van der Waals surface area (Å²) in [5.74, 6) is 0.116. The Labute approximate surface area is 191 Å². The molecule has 0 unspecified atom stereocenters. The van der Waals surface area contributed by atoms with Crippen LogP contribution in [0, 0.1) is 5.92 Å². The summed E-state index contributed by atoms with van der Waals surface area (Å²) in [6, 6.07) is 9.94. The molecule has 0 spiro atoms. The molecule has 4 N–H and O–H groups in total. The third-order valence-electron chi connectivity index (χ3n) is 5.91. The Morgan fingerprint density at radius 1 is 0.938 bits per heavy atom. The van der Waals surface area contributed by atoms with Gasteiger partial charge in [-0.05, 0) is 49.7 Å². The first-order valence-corrected chi connectivity index (χ1v) is 12.0. The quantitative estimate of drug-likeness (QED) is 0.485. The van der Waals surface area contributed by atoms with E-state index in [-0.39, 0.29) is 17.7 Å². The monoisotopic (exact) mass is 458 g/mol. The zero-order valence-electron chi connectivity index (χ0n) is 18.1. The van der Waals surface area contributed by atoms with Crippen LogP contribution in [0.3, 0.4) is 0 Å². The molecule has 2 aromatic rings. The smallest absolute Gasteiger partial charge is 0.450 e. The second kappa shape index (κ2) is 11.7. The molecular formula is C24H30N2O5S. The van der Waals surface area contributed by atoms with Gasteiger partial charge in [0.1, 0.15) is 5.00 Å². The summed E-state index contributed by atoms with van der Waals surface area (Å²) in [7, 11) is 0. The van der Waals surface area contributed by atoms with Crippen molar-refractivity contribution in [1.29, 1.82) is 0 Å². The molecule has 0 bridgehead atoms. The minimum Gasteiger partial charge on any atom is -0.450 e. The third kappa shape index (κ3) is 6.56. The van der Waals surface area contributed by atoms with E-state index in [4.69, 9.17) is 15.0 Å². The number of anilines is 1. The highest BCUT2D eigenvalue weighted by Crippen LogP contribution is 2.39. The Bertz CT molecular complexity index is 931. The van der Waals surface area contributed by atoms with Crippen LogP contribution in [0.1, 0.15) is 71.3 Å². The lowest BCUT2D eigenvalue weighted by atomic mass is 9.88. The minimum absolute atomic E-state index is 0.0674. The summed E-state index contributed by atoms with van der Waals surface area (Å²) in [5.41, 5.74) is 2.94. The molecule has 172 valence electrons. The molecule has 0 atom stereocenters. The molecule has 4 rings (SSSR count). The Morgan fingerprint density at radius 2 is 1.59 bits per heavy atom. The molecule has 1 aromatic carbocycles. The van der Waals surface area contributed by atoms with E-state index in [9.17, 15) is 9.59 Å². The van der Waals surface area contributed by atoms with Gasteiger partial charge in [-0.1, -0.05) is 49.6 Å². The van der Waals surface area contributed by atoms with Crippen molar-refractivity contribution >= 4 is 34.3 Å². The van der Waals surface area contributed by atoms with Gasteiger partial charge >= 0.3 is 6.16 Å². The molecule has 2 aliphatic carbocycles. The van der Waals surface area contributed by atoms with E-state index in [1.807, 2.05) is 30.3 Å². The van der Waals surface area contributed by atoms with Crippen molar-refractivity contribution in [3.05, 3.63) is 51.9 Å². The molecule has 8 heteroatoms. The Hall–Kier alpha value is -2.87. The topological polar surface area (TPSA) is 116 Å². The number of amides is 2. The van der Waals surface area contributed by atoms with Crippen LogP contribution in [0.4, 0.5) is 9.80 Å². The summed E-state index contributed by atoms with van der Waals surface area (Å²) in [5, 5.41) is 20.9. The first-order chi connectivity index (χ1) is 15.5. The second-order valence-corrected chi connectivity index (χ2v) is 9.30. The fraction of sp³-hybridized carbons (Fsp3) is 0.458. The molecule has 2 aliphatic rings. The number of aryl methyl sites for hydroxylation is 1. The normalized spacial score (nSPS) is 15.6. The molecule has 2 amide bonds. The Balaban J connectivity index is 0.000000668. The SMILES string of the molecule is O=C(NCc1ccccc1)c1c(NC(=O)C2CCCCC2)sc2c1CCCC2.O=C(O)O. The summed E-state index contributed by atoms with van der Waals surface area (Å²) in [4.78, 5) is 35.7. The Kier molecular flexibility index (Phi) is 8.67. The molecule has 1 saturated carbocycles. The zero-order valence-corrected chi connectivity index (χ0v) is 18.9. The molecule has 0 radical (unpaired) electrons. The average molecular weight is 459 g/mol. The maximum Gasteiger partial charge on any atom is 0.503 e. The van der Waals surface area contributed by atoms with Crippen LogP contribution in [0.5, 0.6) is 0 Å². The van der Waals surface area contributed by atoms with Crippen molar-refractivity contribution in [2.75, 3.05) is 5.32 Å². The molecule has 7 nitrogen and oxygen atoms in total.